The molecule has 2 aromatic carbocycles. The molecular weight excluding hydrogens is 405 g/mol. The second-order valence-electron chi connectivity index (χ2n) is 6.03. The Morgan fingerprint density at radius 2 is 1.96 bits per heavy atom. The molecular formula is C19H15Cl2N3O4. The molecule has 0 unspecified atom stereocenters. The fourth-order valence-electron chi connectivity index (χ4n) is 2.65. The molecule has 0 fully saturated rings. The van der Waals surface area contributed by atoms with E-state index < -0.39 is 17.4 Å². The SMILES string of the molecule is COC(=O)c1ccc(C)c(NC(=O)Cn2cnc3c(Cl)cc(Cl)cc3c2=O)c1. The molecule has 0 bridgehead atoms. The van der Waals surface area contributed by atoms with E-state index in [-0.39, 0.29) is 17.0 Å². The van der Waals surface area contributed by atoms with Crippen LogP contribution in [0.2, 0.25) is 10.0 Å². The molecule has 0 saturated heterocycles. The minimum Gasteiger partial charge on any atom is -0.465 e. The van der Waals surface area contributed by atoms with Crippen molar-refractivity contribution < 1.29 is 14.3 Å². The molecule has 28 heavy (non-hydrogen) atoms. The van der Waals surface area contributed by atoms with E-state index in [1.807, 2.05) is 0 Å². The van der Waals surface area contributed by atoms with Crippen molar-refractivity contribution in [2.75, 3.05) is 12.4 Å². The number of esters is 1. The summed E-state index contributed by atoms with van der Waals surface area (Å²) in [6.07, 6.45) is 1.25. The van der Waals surface area contributed by atoms with E-state index in [9.17, 15) is 14.4 Å². The van der Waals surface area contributed by atoms with Gasteiger partial charge in [-0.2, -0.15) is 0 Å². The lowest BCUT2D eigenvalue weighted by atomic mass is 10.1. The number of rotatable bonds is 4. The quantitative estimate of drug-likeness (QED) is 0.654. The molecule has 1 amide bonds. The van der Waals surface area contributed by atoms with Crippen molar-refractivity contribution >= 4 is 51.7 Å². The molecule has 0 aliphatic carbocycles. The first-order valence-corrected chi connectivity index (χ1v) is 8.88. The Labute approximate surface area is 169 Å². The van der Waals surface area contributed by atoms with Gasteiger partial charge in [0.15, 0.2) is 0 Å². The maximum absolute atomic E-state index is 12.6. The Hall–Kier alpha value is -2.90. The second-order valence-corrected chi connectivity index (χ2v) is 6.87. The van der Waals surface area contributed by atoms with Crippen LogP contribution in [-0.2, 0) is 16.1 Å². The summed E-state index contributed by atoms with van der Waals surface area (Å²) in [4.78, 5) is 40.9. The number of ether oxygens (including phenoxy) is 1. The van der Waals surface area contributed by atoms with Crippen molar-refractivity contribution in [3.8, 4) is 0 Å². The van der Waals surface area contributed by atoms with Crippen molar-refractivity contribution in [2.45, 2.75) is 13.5 Å². The summed E-state index contributed by atoms with van der Waals surface area (Å²) in [6, 6.07) is 7.75. The standard InChI is InChI=1S/C19H15Cl2N3O4/c1-10-3-4-11(19(27)28-2)5-15(10)23-16(25)8-24-9-22-17-13(18(24)26)6-12(20)7-14(17)21/h3-7,9H,8H2,1-2H3,(H,23,25). The number of halogens is 2. The Balaban J connectivity index is 1.87. The van der Waals surface area contributed by atoms with E-state index in [0.717, 1.165) is 10.1 Å². The maximum atomic E-state index is 12.6. The van der Waals surface area contributed by atoms with Crippen LogP contribution in [0.4, 0.5) is 5.69 Å². The number of anilines is 1. The highest BCUT2D eigenvalue weighted by molar-refractivity contribution is 6.38. The van der Waals surface area contributed by atoms with E-state index >= 15 is 0 Å². The number of fused-ring (bicyclic) bond motifs is 1. The van der Waals surface area contributed by atoms with Gasteiger partial charge in [0.25, 0.3) is 5.56 Å². The first kappa shape index (κ1) is 19.9. The normalized spacial score (nSPS) is 10.7. The monoisotopic (exact) mass is 419 g/mol. The molecule has 0 radical (unpaired) electrons. The summed E-state index contributed by atoms with van der Waals surface area (Å²) in [5.41, 5.74) is 1.38. The van der Waals surface area contributed by atoms with Gasteiger partial charge < -0.3 is 10.1 Å². The third kappa shape index (κ3) is 4.00. The first-order chi connectivity index (χ1) is 13.3. The molecule has 1 heterocycles. The molecule has 1 aromatic heterocycles. The Morgan fingerprint density at radius 1 is 1.21 bits per heavy atom. The van der Waals surface area contributed by atoms with Crippen LogP contribution in [0.25, 0.3) is 10.9 Å². The fourth-order valence-corrected chi connectivity index (χ4v) is 3.20. The van der Waals surface area contributed by atoms with E-state index in [1.54, 1.807) is 19.1 Å². The molecule has 0 atom stereocenters. The van der Waals surface area contributed by atoms with Gasteiger partial charge in [-0.05, 0) is 36.8 Å². The van der Waals surface area contributed by atoms with Crippen LogP contribution < -0.4 is 10.9 Å². The van der Waals surface area contributed by atoms with Crippen molar-refractivity contribution in [2.24, 2.45) is 0 Å². The molecule has 7 nitrogen and oxygen atoms in total. The Kier molecular flexibility index (Phi) is 5.67. The zero-order valence-corrected chi connectivity index (χ0v) is 16.5. The lowest BCUT2D eigenvalue weighted by Crippen LogP contribution is -2.28. The highest BCUT2D eigenvalue weighted by Gasteiger charge is 2.13. The predicted octanol–water partition coefficient (Wildman–Crippen LogP) is 3.44. The van der Waals surface area contributed by atoms with Crippen molar-refractivity contribution in [3.63, 3.8) is 0 Å². The maximum Gasteiger partial charge on any atom is 0.337 e. The fraction of sp³-hybridized carbons (Fsp3) is 0.158. The molecule has 1 N–H and O–H groups in total. The van der Waals surface area contributed by atoms with Crippen LogP contribution in [0, 0.1) is 6.92 Å². The van der Waals surface area contributed by atoms with Crippen LogP contribution in [0.15, 0.2) is 41.5 Å². The second kappa shape index (κ2) is 8.00. The van der Waals surface area contributed by atoms with Crippen molar-refractivity contribution in [1.82, 2.24) is 9.55 Å². The molecule has 144 valence electrons. The number of aromatic nitrogens is 2. The number of methoxy groups -OCH3 is 1. The zero-order valence-electron chi connectivity index (χ0n) is 15.0. The van der Waals surface area contributed by atoms with Gasteiger partial charge in [-0.1, -0.05) is 29.3 Å². The number of aryl methyl sites for hydroxylation is 1. The number of nitrogens with zero attached hydrogens (tertiary/aromatic N) is 2. The van der Waals surface area contributed by atoms with Crippen LogP contribution in [0.5, 0.6) is 0 Å². The Bertz CT molecular complexity index is 1160. The predicted molar refractivity (Wildman–Crippen MR) is 107 cm³/mol. The summed E-state index contributed by atoms with van der Waals surface area (Å²) in [7, 11) is 1.28. The van der Waals surface area contributed by atoms with Crippen LogP contribution in [-0.4, -0.2) is 28.5 Å². The smallest absolute Gasteiger partial charge is 0.337 e. The van der Waals surface area contributed by atoms with Gasteiger partial charge in [-0.15, -0.1) is 0 Å². The van der Waals surface area contributed by atoms with E-state index in [4.69, 9.17) is 23.2 Å². The number of carbonyl (C=O) groups is 2. The number of amides is 1. The molecule has 0 spiro atoms. The number of hydrogen-bond donors (Lipinski definition) is 1. The van der Waals surface area contributed by atoms with Gasteiger partial charge in [0.2, 0.25) is 5.91 Å². The first-order valence-electron chi connectivity index (χ1n) is 8.13. The highest BCUT2D eigenvalue weighted by Crippen LogP contribution is 2.24. The lowest BCUT2D eigenvalue weighted by molar-refractivity contribution is -0.116. The molecule has 0 saturated carbocycles. The number of nitrogens with one attached hydrogen (secondary N) is 1. The average molecular weight is 420 g/mol. The highest BCUT2D eigenvalue weighted by atomic mass is 35.5. The van der Waals surface area contributed by atoms with Crippen molar-refractivity contribution in [1.29, 1.82) is 0 Å². The summed E-state index contributed by atoms with van der Waals surface area (Å²) in [6.45, 7) is 1.51. The van der Waals surface area contributed by atoms with E-state index in [0.29, 0.717) is 21.8 Å². The van der Waals surface area contributed by atoms with E-state index in [1.165, 1.54) is 31.6 Å². The number of carbonyl (C=O) groups excluding carboxylic acids is 2. The molecule has 3 aromatic rings. The van der Waals surface area contributed by atoms with Crippen molar-refractivity contribution in [3.05, 3.63) is 68.2 Å². The van der Waals surface area contributed by atoms with Gasteiger partial charge in [-0.25, -0.2) is 9.78 Å². The van der Waals surface area contributed by atoms with Crippen LogP contribution in [0.3, 0.4) is 0 Å². The largest absolute Gasteiger partial charge is 0.465 e. The van der Waals surface area contributed by atoms with Gasteiger partial charge in [0, 0.05) is 10.7 Å². The lowest BCUT2D eigenvalue weighted by Gasteiger charge is -2.11. The Morgan fingerprint density at radius 3 is 2.68 bits per heavy atom. The molecule has 0 aliphatic heterocycles. The zero-order chi connectivity index (χ0) is 20.4. The van der Waals surface area contributed by atoms with Gasteiger partial charge in [0.05, 0.1) is 34.9 Å². The van der Waals surface area contributed by atoms with Gasteiger partial charge in [-0.3, -0.25) is 14.2 Å². The third-order valence-corrected chi connectivity index (χ3v) is 4.60. The minimum absolute atomic E-state index is 0.219. The average Bonchev–Trinajstić information content (AvgIpc) is 2.65. The van der Waals surface area contributed by atoms with Crippen LogP contribution >= 0.6 is 23.2 Å². The molecule has 0 aliphatic rings. The van der Waals surface area contributed by atoms with Gasteiger partial charge >= 0.3 is 5.97 Å². The molecule has 9 heteroatoms. The number of benzene rings is 2. The summed E-state index contributed by atoms with van der Waals surface area (Å²) < 4.78 is 5.84. The topological polar surface area (TPSA) is 90.3 Å². The van der Waals surface area contributed by atoms with Gasteiger partial charge in [0.1, 0.15) is 6.54 Å². The summed E-state index contributed by atoms with van der Waals surface area (Å²) in [5, 5.41) is 3.46. The van der Waals surface area contributed by atoms with E-state index in [2.05, 4.69) is 15.0 Å². The van der Waals surface area contributed by atoms with Crippen LogP contribution in [0.1, 0.15) is 15.9 Å². The molecule has 3 rings (SSSR count). The minimum atomic E-state index is -0.515. The number of hydrogen-bond acceptors (Lipinski definition) is 5. The third-order valence-electron chi connectivity index (χ3n) is 4.09. The summed E-state index contributed by atoms with van der Waals surface area (Å²) in [5.74, 6) is -0.972. The summed E-state index contributed by atoms with van der Waals surface area (Å²) >= 11 is 12.0.